The van der Waals surface area contributed by atoms with Gasteiger partial charge in [-0.2, -0.15) is 5.10 Å². The second kappa shape index (κ2) is 7.58. The minimum atomic E-state index is -0.712. The average molecular weight is 373 g/mol. The number of benzene rings is 2. The second-order valence-electron chi connectivity index (χ2n) is 6.55. The Hall–Kier alpha value is -3.58. The van der Waals surface area contributed by atoms with Gasteiger partial charge in [0.2, 0.25) is 0 Å². The van der Waals surface area contributed by atoms with Gasteiger partial charge in [0.05, 0.1) is 18.2 Å². The Labute approximate surface area is 161 Å². The van der Waals surface area contributed by atoms with Crippen LogP contribution in [0, 0.1) is 6.92 Å². The molecule has 2 heterocycles. The van der Waals surface area contributed by atoms with Crippen molar-refractivity contribution in [1.82, 2.24) is 19.7 Å². The number of para-hydroxylation sites is 1. The summed E-state index contributed by atoms with van der Waals surface area (Å²) in [6.07, 6.45) is 2.26. The Morgan fingerprint density at radius 2 is 1.96 bits per heavy atom. The number of amides is 1. The molecule has 2 aromatic carbocycles. The lowest BCUT2D eigenvalue weighted by molar-refractivity contribution is 0.102. The molecular formula is C21H19N5O2. The highest BCUT2D eigenvalue weighted by atomic mass is 16.3. The fourth-order valence-electron chi connectivity index (χ4n) is 3.06. The van der Waals surface area contributed by atoms with Gasteiger partial charge in [-0.15, -0.1) is 0 Å². The van der Waals surface area contributed by atoms with Gasteiger partial charge in [0, 0.05) is 11.1 Å². The SMILES string of the molecule is Cc1cc(C(=O)Nc2ccc(C(O)Cn3cncn3)cc2)nc2ccccc12. The molecule has 140 valence electrons. The zero-order chi connectivity index (χ0) is 19.5. The van der Waals surface area contributed by atoms with E-state index in [1.807, 2.05) is 31.2 Å². The lowest BCUT2D eigenvalue weighted by Gasteiger charge is -2.12. The standard InChI is InChI=1S/C21H19N5O2/c1-14-10-19(25-18-5-3-2-4-17(14)18)21(28)24-16-8-6-15(7-9-16)20(27)11-26-13-22-12-23-26/h2-10,12-13,20,27H,11H2,1H3,(H,24,28). The molecule has 0 fully saturated rings. The van der Waals surface area contributed by atoms with Gasteiger partial charge in [0.25, 0.3) is 5.91 Å². The fraction of sp³-hybridized carbons (Fsp3) is 0.143. The molecule has 1 unspecified atom stereocenters. The minimum Gasteiger partial charge on any atom is -0.386 e. The minimum absolute atomic E-state index is 0.273. The maximum atomic E-state index is 12.6. The first-order valence-corrected chi connectivity index (χ1v) is 8.88. The van der Waals surface area contributed by atoms with Crippen LogP contribution >= 0.6 is 0 Å². The number of aryl methyl sites for hydroxylation is 1. The van der Waals surface area contributed by atoms with E-state index < -0.39 is 6.10 Å². The van der Waals surface area contributed by atoms with Crippen LogP contribution in [0.15, 0.2) is 67.3 Å². The van der Waals surface area contributed by atoms with E-state index in [0.717, 1.165) is 22.0 Å². The number of pyridine rings is 1. The Morgan fingerprint density at radius 1 is 1.18 bits per heavy atom. The number of aromatic nitrogens is 4. The third-order valence-corrected chi connectivity index (χ3v) is 4.54. The van der Waals surface area contributed by atoms with E-state index >= 15 is 0 Å². The van der Waals surface area contributed by atoms with Gasteiger partial charge in [-0.3, -0.25) is 9.48 Å². The molecule has 0 bridgehead atoms. The van der Waals surface area contributed by atoms with Crippen LogP contribution in [0.25, 0.3) is 10.9 Å². The van der Waals surface area contributed by atoms with Crippen molar-refractivity contribution < 1.29 is 9.90 Å². The summed E-state index contributed by atoms with van der Waals surface area (Å²) in [6, 6.07) is 16.6. The third kappa shape index (κ3) is 3.74. The van der Waals surface area contributed by atoms with Gasteiger partial charge in [-0.1, -0.05) is 30.3 Å². The molecule has 0 aliphatic rings. The number of fused-ring (bicyclic) bond motifs is 1. The van der Waals surface area contributed by atoms with Gasteiger partial charge < -0.3 is 10.4 Å². The van der Waals surface area contributed by atoms with Gasteiger partial charge in [0.15, 0.2) is 0 Å². The highest BCUT2D eigenvalue weighted by Gasteiger charge is 2.12. The van der Waals surface area contributed by atoms with Crippen molar-refractivity contribution in [3.8, 4) is 0 Å². The monoisotopic (exact) mass is 373 g/mol. The number of hydrogen-bond donors (Lipinski definition) is 2. The molecule has 7 heteroatoms. The van der Waals surface area contributed by atoms with Crippen LogP contribution in [0.5, 0.6) is 0 Å². The Morgan fingerprint density at radius 3 is 2.71 bits per heavy atom. The average Bonchev–Trinajstić information content (AvgIpc) is 3.21. The number of nitrogens with zero attached hydrogens (tertiary/aromatic N) is 4. The molecule has 7 nitrogen and oxygen atoms in total. The zero-order valence-corrected chi connectivity index (χ0v) is 15.3. The summed E-state index contributed by atoms with van der Waals surface area (Å²) < 4.78 is 1.56. The Bertz CT molecular complexity index is 1110. The molecule has 2 N–H and O–H groups in total. The van der Waals surface area contributed by atoms with E-state index in [0.29, 0.717) is 17.9 Å². The van der Waals surface area contributed by atoms with E-state index in [1.54, 1.807) is 41.3 Å². The molecule has 0 aliphatic carbocycles. The number of nitrogens with one attached hydrogen (secondary N) is 1. The van der Waals surface area contributed by atoms with E-state index in [2.05, 4.69) is 20.4 Å². The molecule has 4 aromatic rings. The fourth-order valence-corrected chi connectivity index (χ4v) is 3.06. The third-order valence-electron chi connectivity index (χ3n) is 4.54. The molecule has 1 atom stereocenters. The highest BCUT2D eigenvalue weighted by Crippen LogP contribution is 2.20. The molecule has 2 aromatic heterocycles. The molecular weight excluding hydrogens is 354 g/mol. The number of rotatable bonds is 5. The predicted molar refractivity (Wildman–Crippen MR) is 106 cm³/mol. The van der Waals surface area contributed by atoms with Crippen LogP contribution in [0.3, 0.4) is 0 Å². The van der Waals surface area contributed by atoms with Crippen molar-refractivity contribution in [3.63, 3.8) is 0 Å². The number of hydrogen-bond acceptors (Lipinski definition) is 5. The molecule has 0 saturated carbocycles. The van der Waals surface area contributed by atoms with Crippen molar-refractivity contribution >= 4 is 22.5 Å². The quantitative estimate of drug-likeness (QED) is 0.561. The lowest BCUT2D eigenvalue weighted by atomic mass is 10.1. The van der Waals surface area contributed by atoms with Crippen LogP contribution in [0.2, 0.25) is 0 Å². The first-order chi connectivity index (χ1) is 13.6. The van der Waals surface area contributed by atoms with E-state index in [9.17, 15) is 9.90 Å². The van der Waals surface area contributed by atoms with Gasteiger partial charge >= 0.3 is 0 Å². The molecule has 0 spiro atoms. The van der Waals surface area contributed by atoms with Gasteiger partial charge in [-0.05, 0) is 42.3 Å². The molecule has 0 saturated heterocycles. The van der Waals surface area contributed by atoms with Crippen LogP contribution in [-0.4, -0.2) is 30.8 Å². The Balaban J connectivity index is 1.47. The summed E-state index contributed by atoms with van der Waals surface area (Å²) >= 11 is 0. The lowest BCUT2D eigenvalue weighted by Crippen LogP contribution is -2.14. The summed E-state index contributed by atoms with van der Waals surface area (Å²) in [5, 5.41) is 18.2. The van der Waals surface area contributed by atoms with Crippen LogP contribution < -0.4 is 5.32 Å². The van der Waals surface area contributed by atoms with Gasteiger partial charge in [-0.25, -0.2) is 9.97 Å². The number of carbonyl (C=O) groups is 1. The number of aliphatic hydroxyl groups excluding tert-OH is 1. The predicted octanol–water partition coefficient (Wildman–Crippen LogP) is 3.12. The smallest absolute Gasteiger partial charge is 0.274 e. The van der Waals surface area contributed by atoms with Crippen molar-refractivity contribution in [1.29, 1.82) is 0 Å². The van der Waals surface area contributed by atoms with E-state index in [1.165, 1.54) is 6.33 Å². The van der Waals surface area contributed by atoms with Gasteiger partial charge in [0.1, 0.15) is 18.3 Å². The molecule has 0 radical (unpaired) electrons. The molecule has 28 heavy (non-hydrogen) atoms. The van der Waals surface area contributed by atoms with Crippen LogP contribution in [0.4, 0.5) is 5.69 Å². The molecule has 0 aliphatic heterocycles. The zero-order valence-electron chi connectivity index (χ0n) is 15.3. The topological polar surface area (TPSA) is 92.9 Å². The summed E-state index contributed by atoms with van der Waals surface area (Å²) in [7, 11) is 0. The van der Waals surface area contributed by atoms with Crippen molar-refractivity contribution in [2.24, 2.45) is 0 Å². The maximum absolute atomic E-state index is 12.6. The summed E-state index contributed by atoms with van der Waals surface area (Å²) in [4.78, 5) is 20.9. The first kappa shape index (κ1) is 17.8. The summed E-state index contributed by atoms with van der Waals surface area (Å²) in [6.45, 7) is 2.28. The number of anilines is 1. The number of carbonyl (C=O) groups excluding carboxylic acids is 1. The largest absolute Gasteiger partial charge is 0.386 e. The second-order valence-corrected chi connectivity index (χ2v) is 6.55. The normalized spacial score (nSPS) is 12.1. The molecule has 4 rings (SSSR count). The van der Waals surface area contributed by atoms with E-state index in [-0.39, 0.29) is 5.91 Å². The highest BCUT2D eigenvalue weighted by molar-refractivity contribution is 6.04. The summed E-state index contributed by atoms with van der Waals surface area (Å²) in [5.74, 6) is -0.273. The van der Waals surface area contributed by atoms with E-state index in [4.69, 9.17) is 0 Å². The Kier molecular flexibility index (Phi) is 4.82. The maximum Gasteiger partial charge on any atom is 0.274 e. The van der Waals surface area contributed by atoms with Crippen molar-refractivity contribution in [3.05, 3.63) is 84.1 Å². The van der Waals surface area contributed by atoms with Crippen molar-refractivity contribution in [2.45, 2.75) is 19.6 Å². The molecule has 1 amide bonds. The number of aliphatic hydroxyl groups is 1. The van der Waals surface area contributed by atoms with Crippen LogP contribution in [0.1, 0.15) is 27.7 Å². The first-order valence-electron chi connectivity index (χ1n) is 8.88. The van der Waals surface area contributed by atoms with Crippen molar-refractivity contribution in [2.75, 3.05) is 5.32 Å². The summed E-state index contributed by atoms with van der Waals surface area (Å²) in [5.41, 5.74) is 3.52. The van der Waals surface area contributed by atoms with Crippen LogP contribution in [-0.2, 0) is 6.54 Å².